The van der Waals surface area contributed by atoms with Crippen molar-refractivity contribution in [2.45, 2.75) is 46.5 Å². The number of benzene rings is 1. The summed E-state index contributed by atoms with van der Waals surface area (Å²) >= 11 is 1.54. The van der Waals surface area contributed by atoms with E-state index in [1.165, 1.54) is 21.8 Å². The lowest BCUT2D eigenvalue weighted by Gasteiger charge is -2.33. The number of hydrogen-bond donors (Lipinski definition) is 2. The van der Waals surface area contributed by atoms with E-state index in [-0.39, 0.29) is 23.7 Å². The predicted molar refractivity (Wildman–Crippen MR) is 122 cm³/mol. The van der Waals surface area contributed by atoms with Crippen molar-refractivity contribution in [2.75, 3.05) is 0 Å². The molecule has 2 heterocycles. The summed E-state index contributed by atoms with van der Waals surface area (Å²) in [5, 5.41) is 4.29. The van der Waals surface area contributed by atoms with Crippen molar-refractivity contribution in [3.63, 3.8) is 0 Å². The first kappa shape index (κ1) is 21.3. The Hall–Kier alpha value is -2.93. The third kappa shape index (κ3) is 5.05. The summed E-state index contributed by atoms with van der Waals surface area (Å²) in [7, 11) is 0. The van der Waals surface area contributed by atoms with Crippen LogP contribution in [0.4, 0.5) is 0 Å². The SMILES string of the molecule is CC(C)(C)C1CCc2sc(C(=O)NNC(=O)Cc3cnn(-c4ccccc4)c3)cc2C1. The maximum absolute atomic E-state index is 12.6. The molecule has 0 radical (unpaired) electrons. The minimum atomic E-state index is -0.282. The molecule has 7 heteroatoms. The standard InChI is InChI=1S/C24H28N4O2S/c1-24(2,3)18-9-10-20-17(12-18)13-21(31-20)23(30)27-26-22(29)11-16-14-25-28(15-16)19-7-5-4-6-8-19/h4-8,13-15,18H,9-12H2,1-3H3,(H,26,29)(H,27,30). The Balaban J connectivity index is 1.31. The molecule has 0 aliphatic heterocycles. The van der Waals surface area contributed by atoms with E-state index in [4.69, 9.17) is 0 Å². The largest absolute Gasteiger partial charge is 0.279 e. The first-order valence-electron chi connectivity index (χ1n) is 10.6. The molecule has 2 amide bonds. The van der Waals surface area contributed by atoms with Crippen LogP contribution in [0.3, 0.4) is 0 Å². The fourth-order valence-electron chi connectivity index (χ4n) is 3.97. The Morgan fingerprint density at radius 3 is 2.71 bits per heavy atom. The number of rotatable bonds is 4. The molecular weight excluding hydrogens is 408 g/mol. The lowest BCUT2D eigenvalue weighted by atomic mass is 9.72. The van der Waals surface area contributed by atoms with Gasteiger partial charge in [0.25, 0.3) is 5.91 Å². The molecule has 31 heavy (non-hydrogen) atoms. The van der Waals surface area contributed by atoms with Crippen molar-refractivity contribution in [1.82, 2.24) is 20.6 Å². The van der Waals surface area contributed by atoms with Crippen LogP contribution in [0.15, 0.2) is 48.8 Å². The van der Waals surface area contributed by atoms with Crippen LogP contribution in [0.25, 0.3) is 5.69 Å². The van der Waals surface area contributed by atoms with Gasteiger partial charge >= 0.3 is 0 Å². The highest BCUT2D eigenvalue weighted by Crippen LogP contribution is 2.40. The van der Waals surface area contributed by atoms with Gasteiger partial charge in [0.05, 0.1) is 23.2 Å². The minimum Gasteiger partial charge on any atom is -0.273 e. The highest BCUT2D eigenvalue weighted by atomic mass is 32.1. The van der Waals surface area contributed by atoms with Crippen molar-refractivity contribution in [3.05, 3.63) is 69.7 Å². The second-order valence-corrected chi connectivity index (χ2v) is 10.3. The third-order valence-electron chi connectivity index (χ3n) is 5.87. The molecule has 1 atom stereocenters. The van der Waals surface area contributed by atoms with Gasteiger partial charge in [0.1, 0.15) is 0 Å². The molecule has 3 aromatic rings. The number of aromatic nitrogens is 2. The molecule has 2 aromatic heterocycles. The van der Waals surface area contributed by atoms with E-state index in [0.29, 0.717) is 10.8 Å². The van der Waals surface area contributed by atoms with E-state index in [1.807, 2.05) is 42.6 Å². The van der Waals surface area contributed by atoms with Gasteiger partial charge in [0, 0.05) is 11.1 Å². The van der Waals surface area contributed by atoms with Gasteiger partial charge in [0.15, 0.2) is 0 Å². The van der Waals surface area contributed by atoms with E-state index < -0.39 is 0 Å². The van der Waals surface area contributed by atoms with E-state index >= 15 is 0 Å². The monoisotopic (exact) mass is 436 g/mol. The zero-order chi connectivity index (χ0) is 22.0. The van der Waals surface area contributed by atoms with Gasteiger partial charge in [-0.3, -0.25) is 20.4 Å². The second-order valence-electron chi connectivity index (χ2n) is 9.17. The van der Waals surface area contributed by atoms with Gasteiger partial charge < -0.3 is 0 Å². The number of carbonyl (C=O) groups is 2. The molecule has 0 bridgehead atoms. The van der Waals surface area contributed by atoms with Crippen LogP contribution < -0.4 is 10.9 Å². The number of nitrogens with zero attached hydrogens (tertiary/aromatic N) is 2. The fourth-order valence-corrected chi connectivity index (χ4v) is 5.07. The highest BCUT2D eigenvalue weighted by Gasteiger charge is 2.30. The van der Waals surface area contributed by atoms with Gasteiger partial charge in [-0.25, -0.2) is 4.68 Å². The zero-order valence-electron chi connectivity index (χ0n) is 18.1. The number of thiophene rings is 1. The Labute approximate surface area is 186 Å². The average Bonchev–Trinajstić information content (AvgIpc) is 3.38. The molecule has 0 fully saturated rings. The first-order chi connectivity index (χ1) is 14.8. The van der Waals surface area contributed by atoms with Gasteiger partial charge in [-0.2, -0.15) is 5.10 Å². The number of para-hydroxylation sites is 1. The number of carbonyl (C=O) groups excluding carboxylic acids is 2. The molecule has 1 aliphatic rings. The maximum Gasteiger partial charge on any atom is 0.279 e. The molecule has 1 aromatic carbocycles. The van der Waals surface area contributed by atoms with Crippen LogP contribution in [0.1, 0.15) is 52.9 Å². The number of nitrogens with one attached hydrogen (secondary N) is 2. The normalized spacial score (nSPS) is 15.9. The van der Waals surface area contributed by atoms with Gasteiger partial charge in [0.2, 0.25) is 5.91 Å². The fraction of sp³-hybridized carbons (Fsp3) is 0.375. The van der Waals surface area contributed by atoms with E-state index in [0.717, 1.165) is 30.5 Å². The van der Waals surface area contributed by atoms with Crippen LogP contribution in [0.5, 0.6) is 0 Å². The molecule has 1 aliphatic carbocycles. The minimum absolute atomic E-state index is 0.140. The van der Waals surface area contributed by atoms with Crippen LogP contribution in [0.2, 0.25) is 0 Å². The van der Waals surface area contributed by atoms with Crippen molar-refractivity contribution in [2.24, 2.45) is 11.3 Å². The Morgan fingerprint density at radius 2 is 1.97 bits per heavy atom. The highest BCUT2D eigenvalue weighted by molar-refractivity contribution is 7.14. The van der Waals surface area contributed by atoms with E-state index in [1.54, 1.807) is 10.9 Å². The summed E-state index contributed by atoms with van der Waals surface area (Å²) in [6, 6.07) is 11.7. The number of amides is 2. The van der Waals surface area contributed by atoms with Crippen molar-refractivity contribution in [1.29, 1.82) is 0 Å². The average molecular weight is 437 g/mol. The third-order valence-corrected chi connectivity index (χ3v) is 7.10. The molecular formula is C24H28N4O2S. The summed E-state index contributed by atoms with van der Waals surface area (Å²) in [5.41, 5.74) is 8.32. The van der Waals surface area contributed by atoms with Crippen LogP contribution in [0, 0.1) is 11.3 Å². The predicted octanol–water partition coefficient (Wildman–Crippen LogP) is 4.09. The van der Waals surface area contributed by atoms with Gasteiger partial charge in [-0.1, -0.05) is 39.0 Å². The van der Waals surface area contributed by atoms with Gasteiger partial charge in [-0.05, 0) is 59.9 Å². The van der Waals surface area contributed by atoms with Crippen LogP contribution >= 0.6 is 11.3 Å². The summed E-state index contributed by atoms with van der Waals surface area (Å²) in [6.45, 7) is 6.84. The summed E-state index contributed by atoms with van der Waals surface area (Å²) in [4.78, 5) is 26.8. The first-order valence-corrected chi connectivity index (χ1v) is 11.4. The topological polar surface area (TPSA) is 76.0 Å². The molecule has 162 valence electrons. The van der Waals surface area contributed by atoms with Gasteiger partial charge in [-0.15, -0.1) is 11.3 Å². The number of hydrazine groups is 1. The maximum atomic E-state index is 12.6. The Bertz CT molecular complexity index is 1080. The van der Waals surface area contributed by atoms with Crippen molar-refractivity contribution < 1.29 is 9.59 Å². The summed E-state index contributed by atoms with van der Waals surface area (Å²) in [5.74, 6) is 0.0807. The molecule has 0 spiro atoms. The second kappa shape index (κ2) is 8.67. The lowest BCUT2D eigenvalue weighted by molar-refractivity contribution is -0.121. The van der Waals surface area contributed by atoms with Crippen molar-refractivity contribution in [3.8, 4) is 5.69 Å². The van der Waals surface area contributed by atoms with E-state index in [9.17, 15) is 9.59 Å². The van der Waals surface area contributed by atoms with E-state index in [2.05, 4.69) is 36.7 Å². The van der Waals surface area contributed by atoms with Crippen LogP contribution in [-0.4, -0.2) is 21.6 Å². The summed E-state index contributed by atoms with van der Waals surface area (Å²) < 4.78 is 1.72. The quantitative estimate of drug-likeness (QED) is 0.605. The summed E-state index contributed by atoms with van der Waals surface area (Å²) in [6.07, 6.45) is 6.81. The molecule has 1 unspecified atom stereocenters. The molecule has 0 saturated carbocycles. The van der Waals surface area contributed by atoms with Crippen molar-refractivity contribution >= 4 is 23.2 Å². The Kier molecular flexibility index (Phi) is 5.96. The van der Waals surface area contributed by atoms with Crippen LogP contribution in [-0.2, 0) is 24.1 Å². The molecule has 2 N–H and O–H groups in total. The smallest absolute Gasteiger partial charge is 0.273 e. The lowest BCUT2D eigenvalue weighted by Crippen LogP contribution is -2.42. The number of aryl methyl sites for hydroxylation is 1. The zero-order valence-corrected chi connectivity index (χ0v) is 19.0. The molecule has 0 saturated heterocycles. The molecule has 4 rings (SSSR count). The number of hydrogen-bond acceptors (Lipinski definition) is 4. The molecule has 6 nitrogen and oxygen atoms in total. The number of fused-ring (bicyclic) bond motifs is 1. The Morgan fingerprint density at radius 1 is 1.19 bits per heavy atom.